The van der Waals surface area contributed by atoms with E-state index in [1.54, 1.807) is 0 Å². The Bertz CT molecular complexity index is 299. The number of aliphatic hydroxyl groups excluding tert-OH is 2. The molecule has 0 saturated heterocycles. The predicted octanol–water partition coefficient (Wildman–Crippen LogP) is -5.11. The molecule has 122 valence electrons. The molecule has 2 unspecified atom stereocenters. The first-order valence-electron chi connectivity index (χ1n) is 3.73. The Morgan fingerprint density at radius 3 is 0.947 bits per heavy atom. The van der Waals surface area contributed by atoms with Crippen LogP contribution >= 0.6 is 0 Å². The molecule has 0 aliphatic heterocycles. The molecule has 0 aromatic heterocycles. The van der Waals surface area contributed by atoms with E-state index < -0.39 is 34.5 Å². The Morgan fingerprint density at radius 1 is 0.895 bits per heavy atom. The molecule has 0 aliphatic rings. The molecule has 0 fully saturated rings. The number of hydrogen-bond donors (Lipinski definition) is 2. The SMILES string of the molecule is CC(O)C(=O)[O-].CC(O)C(=O)[O-].O=S(=O)([O-])[O-].[Cu+2].[Cu+2]. The maximum Gasteiger partial charge on any atom is 2.00 e. The van der Waals surface area contributed by atoms with Gasteiger partial charge in [0.1, 0.15) is 0 Å². The first kappa shape index (κ1) is 31.3. The fourth-order valence-electron chi connectivity index (χ4n) is 0. The van der Waals surface area contributed by atoms with Crippen molar-refractivity contribution in [2.24, 2.45) is 0 Å². The van der Waals surface area contributed by atoms with Crippen molar-refractivity contribution in [2.75, 3.05) is 0 Å². The maximum atomic E-state index is 9.34. The van der Waals surface area contributed by atoms with Crippen molar-refractivity contribution in [3.63, 3.8) is 0 Å². The van der Waals surface area contributed by atoms with Crippen LogP contribution in [0.4, 0.5) is 0 Å². The molecule has 0 aliphatic carbocycles. The van der Waals surface area contributed by atoms with E-state index in [1.807, 2.05) is 0 Å². The summed E-state index contributed by atoms with van der Waals surface area (Å²) in [6.45, 7) is 2.27. The summed E-state index contributed by atoms with van der Waals surface area (Å²) in [6, 6.07) is 0. The number of carbonyl (C=O) groups excluding carboxylic acids is 2. The van der Waals surface area contributed by atoms with Gasteiger partial charge in [0.15, 0.2) is 0 Å². The van der Waals surface area contributed by atoms with Crippen LogP contribution in [0.1, 0.15) is 13.8 Å². The smallest absolute Gasteiger partial charge is 0.759 e. The van der Waals surface area contributed by atoms with Gasteiger partial charge in [-0.1, -0.05) is 0 Å². The maximum absolute atomic E-state index is 9.34. The minimum atomic E-state index is -5.17. The number of hydrogen-bond acceptors (Lipinski definition) is 10. The molecule has 10 nitrogen and oxygen atoms in total. The van der Waals surface area contributed by atoms with E-state index in [9.17, 15) is 19.8 Å². The zero-order valence-electron chi connectivity index (χ0n) is 9.33. The van der Waals surface area contributed by atoms with Crippen molar-refractivity contribution in [1.29, 1.82) is 0 Å². The molecular formula is C6H10Cu2O10S. The van der Waals surface area contributed by atoms with E-state index in [4.69, 9.17) is 27.7 Å². The van der Waals surface area contributed by atoms with Crippen LogP contribution in [0.3, 0.4) is 0 Å². The van der Waals surface area contributed by atoms with E-state index in [0.717, 1.165) is 13.8 Å². The third-order valence-electron chi connectivity index (χ3n) is 0.682. The fraction of sp³-hybridized carbons (Fsp3) is 0.667. The standard InChI is InChI=1S/2C3H6O3.2Cu.H2O4S/c2*1-2(4)3(5)6;;;1-5(2,3)4/h2*2,4H,1H3,(H,5,6);;;(H2,1,2,3,4)/q;;2*+2;/p-4. The summed E-state index contributed by atoms with van der Waals surface area (Å²) in [5.41, 5.74) is 0. The van der Waals surface area contributed by atoms with Crippen molar-refractivity contribution < 1.29 is 81.7 Å². The van der Waals surface area contributed by atoms with Gasteiger partial charge in [0, 0.05) is 10.4 Å². The molecule has 0 bridgehead atoms. The molecule has 2 radical (unpaired) electrons. The molecule has 19 heavy (non-hydrogen) atoms. The van der Waals surface area contributed by atoms with Gasteiger partial charge in [0.25, 0.3) is 0 Å². The van der Waals surface area contributed by atoms with E-state index in [1.165, 1.54) is 0 Å². The van der Waals surface area contributed by atoms with Gasteiger partial charge >= 0.3 is 34.1 Å². The number of aliphatic carboxylic acids is 2. The van der Waals surface area contributed by atoms with Gasteiger partial charge in [-0.3, -0.25) is 8.42 Å². The minimum absolute atomic E-state index is 0. The Hall–Kier alpha value is -0.231. The van der Waals surface area contributed by atoms with Gasteiger partial charge in [-0.15, -0.1) is 0 Å². The number of carboxylic acid groups (broad SMARTS) is 2. The Morgan fingerprint density at radius 2 is 0.947 bits per heavy atom. The summed E-state index contributed by atoms with van der Waals surface area (Å²) < 4.78 is 34.1. The number of rotatable bonds is 2. The van der Waals surface area contributed by atoms with Gasteiger partial charge in [0.2, 0.25) is 0 Å². The van der Waals surface area contributed by atoms with Crippen LogP contribution in [0.25, 0.3) is 0 Å². The summed E-state index contributed by atoms with van der Waals surface area (Å²) in [7, 11) is -5.17. The topological polar surface area (TPSA) is 201 Å². The van der Waals surface area contributed by atoms with Crippen LogP contribution in [0.5, 0.6) is 0 Å². The van der Waals surface area contributed by atoms with Crippen molar-refractivity contribution in [3.05, 3.63) is 0 Å². The van der Waals surface area contributed by atoms with Gasteiger partial charge in [-0.2, -0.15) is 0 Å². The quantitative estimate of drug-likeness (QED) is 0.256. The van der Waals surface area contributed by atoms with Crippen LogP contribution in [0.2, 0.25) is 0 Å². The number of aliphatic hydroxyl groups is 2. The van der Waals surface area contributed by atoms with Crippen molar-refractivity contribution in [1.82, 2.24) is 0 Å². The molecular weight excluding hydrogens is 391 g/mol. The molecule has 0 rings (SSSR count). The second kappa shape index (κ2) is 15.8. The Labute approximate surface area is 130 Å². The monoisotopic (exact) mass is 400 g/mol. The molecule has 0 aromatic carbocycles. The minimum Gasteiger partial charge on any atom is -0.759 e. The van der Waals surface area contributed by atoms with E-state index in [0.29, 0.717) is 0 Å². The predicted molar refractivity (Wildman–Crippen MR) is 43.9 cm³/mol. The molecule has 13 heteroatoms. The fourth-order valence-corrected chi connectivity index (χ4v) is 0. The van der Waals surface area contributed by atoms with Crippen LogP contribution in [0.15, 0.2) is 0 Å². The summed E-state index contributed by atoms with van der Waals surface area (Å²) in [5.74, 6) is -2.87. The largest absolute Gasteiger partial charge is 2.00 e. The third-order valence-corrected chi connectivity index (χ3v) is 0.682. The first-order chi connectivity index (χ1) is 7.29. The average Bonchev–Trinajstić information content (AvgIpc) is 2.01. The molecule has 0 aromatic rings. The van der Waals surface area contributed by atoms with Crippen LogP contribution in [0, 0.1) is 0 Å². The summed E-state index contributed by atoms with van der Waals surface area (Å²) in [5, 5.41) is 34.6. The zero-order valence-corrected chi connectivity index (χ0v) is 12.0. The molecule has 2 N–H and O–H groups in total. The molecule has 0 amide bonds. The molecule has 2 atom stereocenters. The Kier molecular flexibility index (Phi) is 26.0. The zero-order chi connectivity index (χ0) is 14.8. The van der Waals surface area contributed by atoms with Crippen molar-refractivity contribution >= 4 is 22.3 Å². The Balaban J connectivity index is -0.0000000492. The summed E-state index contributed by atoms with van der Waals surface area (Å²) >= 11 is 0. The average molecular weight is 401 g/mol. The van der Waals surface area contributed by atoms with Gasteiger partial charge < -0.3 is 39.1 Å². The second-order valence-electron chi connectivity index (χ2n) is 2.40. The van der Waals surface area contributed by atoms with Crippen LogP contribution in [-0.2, 0) is 54.1 Å². The summed E-state index contributed by atoms with van der Waals surface area (Å²) in [4.78, 5) is 18.7. The van der Waals surface area contributed by atoms with Crippen LogP contribution < -0.4 is 10.2 Å². The third kappa shape index (κ3) is 73.2. The molecule has 0 heterocycles. The van der Waals surface area contributed by atoms with E-state index in [-0.39, 0.29) is 34.1 Å². The second-order valence-corrected chi connectivity index (χ2v) is 3.21. The van der Waals surface area contributed by atoms with E-state index >= 15 is 0 Å². The molecule has 0 saturated carbocycles. The van der Waals surface area contributed by atoms with Crippen LogP contribution in [-0.4, -0.2) is 51.9 Å². The summed E-state index contributed by atoms with van der Waals surface area (Å²) in [6.07, 6.45) is -2.69. The van der Waals surface area contributed by atoms with Gasteiger partial charge in [0.05, 0.1) is 24.1 Å². The number of carbonyl (C=O) groups is 2. The first-order valence-corrected chi connectivity index (χ1v) is 5.06. The number of carboxylic acids is 2. The van der Waals surface area contributed by atoms with Gasteiger partial charge in [-0.25, -0.2) is 0 Å². The molecule has 0 spiro atoms. The van der Waals surface area contributed by atoms with Gasteiger partial charge in [-0.05, 0) is 13.8 Å². The van der Waals surface area contributed by atoms with E-state index in [2.05, 4.69) is 0 Å². The van der Waals surface area contributed by atoms with Crippen molar-refractivity contribution in [3.8, 4) is 0 Å². The normalized spacial score (nSPS) is 11.7. The van der Waals surface area contributed by atoms with Crippen molar-refractivity contribution in [2.45, 2.75) is 26.1 Å².